The molecular formula is C27H35N5O3S. The van der Waals surface area contributed by atoms with Gasteiger partial charge in [-0.3, -0.25) is 4.90 Å². The van der Waals surface area contributed by atoms with E-state index in [1.165, 1.54) is 32.1 Å². The maximum absolute atomic E-state index is 13.1. The van der Waals surface area contributed by atoms with Crippen molar-refractivity contribution in [1.29, 1.82) is 0 Å². The van der Waals surface area contributed by atoms with E-state index in [9.17, 15) is 8.42 Å². The minimum absolute atomic E-state index is 0.0210. The smallest absolute Gasteiger partial charge is 0.243 e. The van der Waals surface area contributed by atoms with Gasteiger partial charge in [0.15, 0.2) is 0 Å². The molecule has 1 aromatic heterocycles. The summed E-state index contributed by atoms with van der Waals surface area (Å²) in [5.41, 5.74) is 0.938. The highest BCUT2D eigenvalue weighted by molar-refractivity contribution is 7.89. The Morgan fingerprint density at radius 1 is 0.944 bits per heavy atom. The van der Waals surface area contributed by atoms with E-state index in [4.69, 9.17) is 14.7 Å². The van der Waals surface area contributed by atoms with Gasteiger partial charge in [-0.15, -0.1) is 0 Å². The molecule has 3 aromatic rings. The SMILES string of the molecule is COc1ccc(S(=O)(=O)N2CCN(C(C)c3nc(NC4CCCCC4)c4ccccc4n3)CC2)cc1. The van der Waals surface area contributed by atoms with E-state index in [-0.39, 0.29) is 6.04 Å². The molecule has 0 amide bonds. The molecule has 8 nitrogen and oxygen atoms in total. The van der Waals surface area contributed by atoms with Gasteiger partial charge in [-0.25, -0.2) is 18.4 Å². The number of benzene rings is 2. The quantitative estimate of drug-likeness (QED) is 0.503. The van der Waals surface area contributed by atoms with Gasteiger partial charge in [0.2, 0.25) is 10.0 Å². The van der Waals surface area contributed by atoms with E-state index in [1.54, 1.807) is 35.7 Å². The van der Waals surface area contributed by atoms with Crippen molar-refractivity contribution < 1.29 is 13.2 Å². The van der Waals surface area contributed by atoms with Crippen LogP contribution in [0.5, 0.6) is 5.75 Å². The predicted molar refractivity (Wildman–Crippen MR) is 142 cm³/mol. The Balaban J connectivity index is 1.31. The first-order valence-corrected chi connectivity index (χ1v) is 14.3. The normalized spacial score (nSPS) is 19.3. The second kappa shape index (κ2) is 10.7. The van der Waals surface area contributed by atoms with Crippen LogP contribution in [0, 0.1) is 0 Å². The van der Waals surface area contributed by atoms with Gasteiger partial charge >= 0.3 is 0 Å². The molecule has 1 saturated carbocycles. The van der Waals surface area contributed by atoms with Crippen LogP contribution in [-0.2, 0) is 10.0 Å². The second-order valence-corrected chi connectivity index (χ2v) is 11.7. The summed E-state index contributed by atoms with van der Waals surface area (Å²) in [6.45, 7) is 4.22. The second-order valence-electron chi connectivity index (χ2n) is 9.72. The van der Waals surface area contributed by atoms with Crippen LogP contribution >= 0.6 is 0 Å². The molecule has 9 heteroatoms. The van der Waals surface area contributed by atoms with Crippen molar-refractivity contribution in [1.82, 2.24) is 19.2 Å². The highest BCUT2D eigenvalue weighted by atomic mass is 32.2. The van der Waals surface area contributed by atoms with E-state index >= 15 is 0 Å². The molecule has 192 valence electrons. The number of piperazine rings is 1. The Morgan fingerprint density at radius 2 is 1.64 bits per heavy atom. The average molecular weight is 510 g/mol. The predicted octanol–water partition coefficient (Wildman–Crippen LogP) is 4.45. The molecule has 1 aliphatic carbocycles. The average Bonchev–Trinajstić information content (AvgIpc) is 2.93. The standard InChI is InChI=1S/C27H35N5O3S/c1-20(31-16-18-32(19-17-31)36(33,34)23-14-12-22(35-2)13-15-23)26-29-25-11-7-6-10-24(25)27(30-26)28-21-8-4-3-5-9-21/h6-7,10-15,20-21H,3-5,8-9,16-19H2,1-2H3,(H,28,29,30). The van der Waals surface area contributed by atoms with Crippen molar-refractivity contribution >= 4 is 26.7 Å². The molecule has 2 fully saturated rings. The number of ether oxygens (including phenoxy) is 1. The lowest BCUT2D eigenvalue weighted by molar-refractivity contribution is 0.141. The molecule has 1 N–H and O–H groups in total. The van der Waals surface area contributed by atoms with Crippen LogP contribution in [-0.4, -0.2) is 66.9 Å². The van der Waals surface area contributed by atoms with E-state index < -0.39 is 10.0 Å². The van der Waals surface area contributed by atoms with Crippen LogP contribution in [0.3, 0.4) is 0 Å². The molecule has 0 bridgehead atoms. The number of hydrogen-bond donors (Lipinski definition) is 1. The highest BCUT2D eigenvalue weighted by Gasteiger charge is 2.31. The molecule has 36 heavy (non-hydrogen) atoms. The van der Waals surface area contributed by atoms with Gasteiger partial charge in [0, 0.05) is 37.6 Å². The molecule has 1 atom stereocenters. The van der Waals surface area contributed by atoms with Crippen LogP contribution in [0.4, 0.5) is 5.82 Å². The highest BCUT2D eigenvalue weighted by Crippen LogP contribution is 2.29. The maximum Gasteiger partial charge on any atom is 0.243 e. The summed E-state index contributed by atoms with van der Waals surface area (Å²) in [4.78, 5) is 12.5. The van der Waals surface area contributed by atoms with Crippen LogP contribution < -0.4 is 10.1 Å². The minimum atomic E-state index is -3.54. The third-order valence-electron chi connectivity index (χ3n) is 7.46. The lowest BCUT2D eigenvalue weighted by Gasteiger charge is -2.37. The number of methoxy groups -OCH3 is 1. The molecule has 0 spiro atoms. The fraction of sp³-hybridized carbons (Fsp3) is 0.481. The van der Waals surface area contributed by atoms with Crippen LogP contribution in [0.2, 0.25) is 0 Å². The fourth-order valence-corrected chi connectivity index (χ4v) is 6.65. The largest absolute Gasteiger partial charge is 0.497 e. The number of aromatic nitrogens is 2. The molecule has 2 aliphatic rings. The summed E-state index contributed by atoms with van der Waals surface area (Å²) in [6, 6.07) is 15.2. The van der Waals surface area contributed by atoms with Crippen LogP contribution in [0.15, 0.2) is 53.4 Å². The van der Waals surface area contributed by atoms with Crippen LogP contribution in [0.1, 0.15) is 50.9 Å². The maximum atomic E-state index is 13.1. The summed E-state index contributed by atoms with van der Waals surface area (Å²) in [5.74, 6) is 2.33. The molecule has 0 radical (unpaired) electrons. The van der Waals surface area contributed by atoms with Crippen molar-refractivity contribution in [3.63, 3.8) is 0 Å². The van der Waals surface area contributed by atoms with Gasteiger partial charge in [0.1, 0.15) is 17.4 Å². The summed E-state index contributed by atoms with van der Waals surface area (Å²) in [7, 11) is -1.98. The number of hydrogen-bond acceptors (Lipinski definition) is 7. The Kier molecular flexibility index (Phi) is 7.41. The van der Waals surface area contributed by atoms with Crippen molar-refractivity contribution in [2.45, 2.75) is 56.0 Å². The van der Waals surface area contributed by atoms with Crippen LogP contribution in [0.25, 0.3) is 10.9 Å². The van der Waals surface area contributed by atoms with Crippen molar-refractivity contribution in [3.8, 4) is 5.75 Å². The summed E-state index contributed by atoms with van der Waals surface area (Å²) < 4.78 is 33.0. The van der Waals surface area contributed by atoms with Gasteiger partial charge < -0.3 is 10.1 Å². The zero-order valence-electron chi connectivity index (χ0n) is 21.1. The number of fused-ring (bicyclic) bond motifs is 1. The lowest BCUT2D eigenvalue weighted by Crippen LogP contribution is -2.49. The first-order chi connectivity index (χ1) is 17.5. The Morgan fingerprint density at radius 3 is 2.33 bits per heavy atom. The number of rotatable bonds is 7. The molecule has 1 unspecified atom stereocenters. The Hall–Kier alpha value is -2.75. The Bertz CT molecular complexity index is 1280. The van der Waals surface area contributed by atoms with Crippen molar-refractivity contribution in [3.05, 3.63) is 54.4 Å². The molecule has 1 aliphatic heterocycles. The topological polar surface area (TPSA) is 87.7 Å². The fourth-order valence-electron chi connectivity index (χ4n) is 5.22. The third-order valence-corrected chi connectivity index (χ3v) is 9.37. The molecular weight excluding hydrogens is 474 g/mol. The lowest BCUT2D eigenvalue weighted by atomic mass is 9.95. The van der Waals surface area contributed by atoms with Crippen molar-refractivity contribution in [2.24, 2.45) is 0 Å². The monoisotopic (exact) mass is 509 g/mol. The number of nitrogens with one attached hydrogen (secondary N) is 1. The summed E-state index contributed by atoms with van der Waals surface area (Å²) >= 11 is 0. The van der Waals surface area contributed by atoms with E-state index in [0.29, 0.717) is 42.9 Å². The van der Waals surface area contributed by atoms with Gasteiger partial charge in [0.05, 0.1) is 23.6 Å². The zero-order chi connectivity index (χ0) is 25.1. The van der Waals surface area contributed by atoms with E-state index in [0.717, 1.165) is 22.5 Å². The number of anilines is 1. The summed E-state index contributed by atoms with van der Waals surface area (Å²) in [5, 5.41) is 4.76. The first-order valence-electron chi connectivity index (χ1n) is 12.9. The van der Waals surface area contributed by atoms with E-state index in [2.05, 4.69) is 23.2 Å². The molecule has 5 rings (SSSR count). The number of sulfonamides is 1. The molecule has 2 heterocycles. The third kappa shape index (κ3) is 5.19. The summed E-state index contributed by atoms with van der Waals surface area (Å²) in [6.07, 6.45) is 6.17. The van der Waals surface area contributed by atoms with Crippen molar-refractivity contribution in [2.75, 3.05) is 38.6 Å². The first kappa shape index (κ1) is 24.9. The van der Waals surface area contributed by atoms with Gasteiger partial charge in [-0.05, 0) is 56.2 Å². The van der Waals surface area contributed by atoms with Gasteiger partial charge in [-0.2, -0.15) is 4.31 Å². The van der Waals surface area contributed by atoms with Gasteiger partial charge in [-0.1, -0.05) is 31.4 Å². The zero-order valence-corrected chi connectivity index (χ0v) is 21.9. The van der Waals surface area contributed by atoms with E-state index in [1.807, 2.05) is 18.2 Å². The minimum Gasteiger partial charge on any atom is -0.497 e. The number of nitrogens with zero attached hydrogens (tertiary/aromatic N) is 4. The Labute approximate surface area is 213 Å². The molecule has 1 saturated heterocycles. The number of para-hydroxylation sites is 1. The van der Waals surface area contributed by atoms with Gasteiger partial charge in [0.25, 0.3) is 0 Å². The molecule has 2 aromatic carbocycles.